The molecule has 3 aromatic rings. The van der Waals surface area contributed by atoms with Crippen molar-refractivity contribution in [2.45, 2.75) is 18.9 Å². The molecule has 0 unspecified atom stereocenters. The smallest absolute Gasteiger partial charge is 0.254 e. The van der Waals surface area contributed by atoms with Crippen LogP contribution in [-0.2, 0) is 4.79 Å². The number of methoxy groups -OCH3 is 3. The van der Waals surface area contributed by atoms with E-state index in [1.807, 2.05) is 60.5 Å². The molecule has 1 saturated heterocycles. The first-order valence-electron chi connectivity index (χ1n) is 12.6. The molecule has 0 saturated carbocycles. The fraction of sp³-hybridized carbons (Fsp3) is 0.323. The van der Waals surface area contributed by atoms with Gasteiger partial charge in [-0.25, -0.2) is 0 Å². The van der Waals surface area contributed by atoms with Gasteiger partial charge < -0.3 is 24.0 Å². The second-order valence-corrected chi connectivity index (χ2v) is 9.41. The number of amides is 1. The van der Waals surface area contributed by atoms with Crippen LogP contribution in [0.1, 0.15) is 24.0 Å². The van der Waals surface area contributed by atoms with E-state index in [4.69, 9.17) is 14.2 Å². The minimum atomic E-state index is -0.00392. The normalized spacial score (nSPS) is 14.8. The molecule has 37 heavy (non-hydrogen) atoms. The molecule has 4 rings (SSSR count). The molecule has 1 heterocycles. The van der Waals surface area contributed by atoms with E-state index in [9.17, 15) is 4.79 Å². The van der Waals surface area contributed by atoms with Gasteiger partial charge in [-0.1, -0.05) is 54.6 Å². The van der Waals surface area contributed by atoms with E-state index in [1.165, 1.54) is 0 Å². The van der Waals surface area contributed by atoms with Crippen LogP contribution in [0.2, 0.25) is 0 Å². The van der Waals surface area contributed by atoms with Crippen LogP contribution < -0.4 is 14.2 Å². The summed E-state index contributed by atoms with van der Waals surface area (Å²) in [5, 5.41) is 0. The second kappa shape index (κ2) is 12.0. The lowest BCUT2D eigenvalue weighted by molar-refractivity contribution is -0.126. The zero-order valence-corrected chi connectivity index (χ0v) is 22.4. The molecular weight excluding hydrogens is 464 g/mol. The lowest BCUT2D eigenvalue weighted by Gasteiger charge is -2.35. The molecule has 6 heteroatoms. The van der Waals surface area contributed by atoms with Crippen LogP contribution >= 0.6 is 0 Å². The maximum atomic E-state index is 14.0. The van der Waals surface area contributed by atoms with Crippen LogP contribution in [0.4, 0.5) is 0 Å². The number of hydrogen-bond donors (Lipinski definition) is 0. The standard InChI is InChI=1S/C31H36N2O4/c1-32-17-15-26(16-18-32)33(2)31(34)27(19-22-20-28(35-3)30(37-5)29(21-22)36-4)25-13-11-24(12-14-25)23-9-7-6-8-10-23/h6-14,19-21,26H,15-18H2,1-5H3. The van der Waals surface area contributed by atoms with Gasteiger partial charge in [0.2, 0.25) is 5.75 Å². The topological polar surface area (TPSA) is 51.2 Å². The monoisotopic (exact) mass is 500 g/mol. The van der Waals surface area contributed by atoms with Gasteiger partial charge in [-0.2, -0.15) is 0 Å². The maximum Gasteiger partial charge on any atom is 0.254 e. The quantitative estimate of drug-likeness (QED) is 0.303. The van der Waals surface area contributed by atoms with Gasteiger partial charge in [0.25, 0.3) is 5.91 Å². The molecule has 0 aromatic heterocycles. The summed E-state index contributed by atoms with van der Waals surface area (Å²) in [6.45, 7) is 1.97. The molecule has 0 radical (unpaired) electrons. The van der Waals surface area contributed by atoms with Gasteiger partial charge in [0, 0.05) is 18.7 Å². The first kappa shape index (κ1) is 26.3. The van der Waals surface area contributed by atoms with Crippen molar-refractivity contribution in [2.75, 3.05) is 48.5 Å². The fourth-order valence-corrected chi connectivity index (χ4v) is 4.83. The van der Waals surface area contributed by atoms with Crippen molar-refractivity contribution in [3.05, 3.63) is 77.9 Å². The highest BCUT2D eigenvalue weighted by Crippen LogP contribution is 2.39. The molecule has 1 amide bonds. The Balaban J connectivity index is 1.75. The molecule has 6 nitrogen and oxygen atoms in total. The SMILES string of the molecule is COc1cc(C=C(C(=O)N(C)C2CCN(C)CC2)c2ccc(-c3ccccc3)cc2)cc(OC)c1OC. The first-order chi connectivity index (χ1) is 17.9. The van der Waals surface area contributed by atoms with Crippen molar-refractivity contribution in [1.82, 2.24) is 9.80 Å². The summed E-state index contributed by atoms with van der Waals surface area (Å²) in [5.74, 6) is 1.60. The summed E-state index contributed by atoms with van der Waals surface area (Å²) < 4.78 is 16.6. The van der Waals surface area contributed by atoms with E-state index < -0.39 is 0 Å². The van der Waals surface area contributed by atoms with Gasteiger partial charge >= 0.3 is 0 Å². The molecule has 1 fully saturated rings. The number of carbonyl (C=O) groups is 1. The Morgan fingerprint density at radius 3 is 1.97 bits per heavy atom. The van der Waals surface area contributed by atoms with Crippen LogP contribution in [0, 0.1) is 0 Å². The minimum absolute atomic E-state index is 0.00392. The highest BCUT2D eigenvalue weighted by atomic mass is 16.5. The molecular formula is C31H36N2O4. The van der Waals surface area contributed by atoms with Crippen LogP contribution in [0.25, 0.3) is 22.8 Å². The van der Waals surface area contributed by atoms with E-state index in [0.717, 1.165) is 48.2 Å². The summed E-state index contributed by atoms with van der Waals surface area (Å²) in [4.78, 5) is 18.2. The Labute approximate surface area is 220 Å². The molecule has 3 aromatic carbocycles. The third-order valence-electron chi connectivity index (χ3n) is 7.09. The fourth-order valence-electron chi connectivity index (χ4n) is 4.83. The molecule has 0 spiro atoms. The average molecular weight is 501 g/mol. The number of rotatable bonds is 8. The predicted octanol–water partition coefficient (Wildman–Crippen LogP) is 5.47. The van der Waals surface area contributed by atoms with Gasteiger partial charge in [-0.15, -0.1) is 0 Å². The Bertz CT molecular complexity index is 1200. The summed E-state index contributed by atoms with van der Waals surface area (Å²) >= 11 is 0. The highest BCUT2D eigenvalue weighted by Gasteiger charge is 2.27. The van der Waals surface area contributed by atoms with Gasteiger partial charge in [0.05, 0.1) is 21.3 Å². The number of nitrogens with zero attached hydrogens (tertiary/aromatic N) is 2. The van der Waals surface area contributed by atoms with Crippen molar-refractivity contribution in [3.63, 3.8) is 0 Å². The summed E-state index contributed by atoms with van der Waals surface area (Å²) in [6.07, 6.45) is 3.84. The zero-order valence-electron chi connectivity index (χ0n) is 22.4. The van der Waals surface area contributed by atoms with Crippen LogP contribution in [0.15, 0.2) is 66.7 Å². The average Bonchev–Trinajstić information content (AvgIpc) is 2.95. The number of hydrogen-bond acceptors (Lipinski definition) is 5. The summed E-state index contributed by atoms with van der Waals surface area (Å²) in [6, 6.07) is 22.3. The summed E-state index contributed by atoms with van der Waals surface area (Å²) in [7, 11) is 8.80. The third kappa shape index (κ3) is 5.97. The zero-order chi connectivity index (χ0) is 26.4. The molecule has 0 aliphatic carbocycles. The van der Waals surface area contributed by atoms with E-state index >= 15 is 0 Å². The van der Waals surface area contributed by atoms with E-state index in [2.05, 4.69) is 36.2 Å². The summed E-state index contributed by atoms with van der Waals surface area (Å²) in [5.41, 5.74) is 4.52. The number of benzene rings is 3. The van der Waals surface area contributed by atoms with Crippen molar-refractivity contribution in [2.24, 2.45) is 0 Å². The van der Waals surface area contributed by atoms with Gasteiger partial charge in [0.1, 0.15) is 0 Å². The van der Waals surface area contributed by atoms with Crippen molar-refractivity contribution in [1.29, 1.82) is 0 Å². The van der Waals surface area contributed by atoms with Crippen LogP contribution in [0.3, 0.4) is 0 Å². The molecule has 1 aliphatic heterocycles. The molecule has 0 N–H and O–H groups in total. The number of carbonyl (C=O) groups excluding carboxylic acids is 1. The first-order valence-corrected chi connectivity index (χ1v) is 12.6. The Morgan fingerprint density at radius 2 is 1.43 bits per heavy atom. The minimum Gasteiger partial charge on any atom is -0.493 e. The molecule has 0 atom stereocenters. The van der Waals surface area contributed by atoms with E-state index in [1.54, 1.807) is 21.3 Å². The van der Waals surface area contributed by atoms with Gasteiger partial charge in [0.15, 0.2) is 11.5 Å². The molecule has 1 aliphatic rings. The third-order valence-corrected chi connectivity index (χ3v) is 7.09. The van der Waals surface area contributed by atoms with Crippen LogP contribution in [0.5, 0.6) is 17.2 Å². The number of likely N-dealkylation sites (tertiary alicyclic amines) is 1. The van der Waals surface area contributed by atoms with Crippen molar-refractivity contribution < 1.29 is 19.0 Å². The molecule has 0 bridgehead atoms. The highest BCUT2D eigenvalue weighted by molar-refractivity contribution is 6.24. The lowest BCUT2D eigenvalue weighted by Crippen LogP contribution is -2.44. The Hall–Kier alpha value is -3.77. The lowest BCUT2D eigenvalue weighted by atomic mass is 9.96. The van der Waals surface area contributed by atoms with Crippen LogP contribution in [-0.4, -0.2) is 70.3 Å². The Morgan fingerprint density at radius 1 is 0.865 bits per heavy atom. The predicted molar refractivity (Wildman–Crippen MR) is 149 cm³/mol. The number of ether oxygens (including phenoxy) is 3. The van der Waals surface area contributed by atoms with Crippen molar-refractivity contribution in [3.8, 4) is 28.4 Å². The maximum absolute atomic E-state index is 14.0. The largest absolute Gasteiger partial charge is 0.493 e. The Kier molecular flexibility index (Phi) is 8.51. The van der Waals surface area contributed by atoms with Gasteiger partial charge in [-0.05, 0) is 73.4 Å². The van der Waals surface area contributed by atoms with Crippen molar-refractivity contribution >= 4 is 17.6 Å². The number of piperidine rings is 1. The second-order valence-electron chi connectivity index (χ2n) is 9.41. The van der Waals surface area contributed by atoms with Gasteiger partial charge in [-0.3, -0.25) is 4.79 Å². The van der Waals surface area contributed by atoms with E-state index in [-0.39, 0.29) is 11.9 Å². The van der Waals surface area contributed by atoms with E-state index in [0.29, 0.717) is 22.8 Å². The number of likely N-dealkylation sites (N-methyl/N-ethyl adjacent to an activating group) is 1. The molecule has 194 valence electrons.